The third kappa shape index (κ3) is 2.91. The van der Waals surface area contributed by atoms with Crippen LogP contribution >= 0.6 is 11.6 Å². The lowest BCUT2D eigenvalue weighted by molar-refractivity contribution is 0.269. The van der Waals surface area contributed by atoms with Crippen LogP contribution in [0.4, 0.5) is 5.82 Å². The van der Waals surface area contributed by atoms with Gasteiger partial charge >= 0.3 is 0 Å². The van der Waals surface area contributed by atoms with Crippen molar-refractivity contribution in [1.29, 1.82) is 0 Å². The summed E-state index contributed by atoms with van der Waals surface area (Å²) in [5, 5.41) is 15.0. The highest BCUT2D eigenvalue weighted by atomic mass is 35.5. The molecule has 3 heterocycles. The summed E-state index contributed by atoms with van der Waals surface area (Å²) in [7, 11) is 1.99. The summed E-state index contributed by atoms with van der Waals surface area (Å²) in [6.45, 7) is 9.13. The van der Waals surface area contributed by atoms with Gasteiger partial charge in [-0.05, 0) is 25.8 Å². The van der Waals surface area contributed by atoms with E-state index in [1.165, 1.54) is 11.3 Å². The van der Waals surface area contributed by atoms with Crippen LogP contribution in [0.2, 0.25) is 5.15 Å². The maximum Gasteiger partial charge on any atom is 0.138 e. The minimum absolute atomic E-state index is 0.0339. The number of aromatic nitrogens is 4. The van der Waals surface area contributed by atoms with Crippen molar-refractivity contribution in [2.24, 2.45) is 7.05 Å². The quantitative estimate of drug-likeness (QED) is 0.827. The molecule has 1 N–H and O–H groups in total. The highest BCUT2D eigenvalue weighted by molar-refractivity contribution is 6.30. The topological polar surface area (TPSA) is 67.1 Å². The number of hydrogen-bond donors (Lipinski definition) is 1. The third-order valence-electron chi connectivity index (χ3n) is 5.22. The summed E-state index contributed by atoms with van der Waals surface area (Å²) in [5.74, 6) is 1.50. The van der Waals surface area contributed by atoms with Gasteiger partial charge in [-0.2, -0.15) is 5.10 Å². The van der Waals surface area contributed by atoms with E-state index in [0.717, 1.165) is 35.7 Å². The SMILES string of the molecule is CCc1nc(Cl)c2c(n1)N(C(C)c1nn(C)c(CC)c1C)CC2CO. The largest absolute Gasteiger partial charge is 0.396 e. The lowest BCUT2D eigenvalue weighted by atomic mass is 10.1. The van der Waals surface area contributed by atoms with E-state index in [-0.39, 0.29) is 18.6 Å². The van der Waals surface area contributed by atoms with Crippen LogP contribution in [-0.4, -0.2) is 38.0 Å². The first-order valence-electron chi connectivity index (χ1n) is 8.88. The van der Waals surface area contributed by atoms with Gasteiger partial charge in [-0.25, -0.2) is 9.97 Å². The molecular weight excluding hydrogens is 338 g/mol. The van der Waals surface area contributed by atoms with E-state index in [4.69, 9.17) is 21.7 Å². The number of hydrogen-bond acceptors (Lipinski definition) is 5. The summed E-state index contributed by atoms with van der Waals surface area (Å²) in [6, 6.07) is 0.0532. The molecule has 0 spiro atoms. The highest BCUT2D eigenvalue weighted by Gasteiger charge is 2.37. The Morgan fingerprint density at radius 3 is 2.56 bits per heavy atom. The Morgan fingerprint density at radius 1 is 1.28 bits per heavy atom. The van der Waals surface area contributed by atoms with Gasteiger partial charge in [0, 0.05) is 37.2 Å². The maximum atomic E-state index is 9.81. The Balaban J connectivity index is 2.06. The fourth-order valence-corrected chi connectivity index (χ4v) is 4.17. The Hall–Kier alpha value is -1.66. The fourth-order valence-electron chi connectivity index (χ4n) is 3.83. The summed E-state index contributed by atoms with van der Waals surface area (Å²) >= 11 is 6.42. The molecule has 0 saturated heterocycles. The molecule has 0 aromatic carbocycles. The van der Waals surface area contributed by atoms with E-state index < -0.39 is 0 Å². The average Bonchev–Trinajstić information content (AvgIpc) is 3.11. The van der Waals surface area contributed by atoms with Crippen LogP contribution in [0.3, 0.4) is 0 Å². The van der Waals surface area contributed by atoms with E-state index in [0.29, 0.717) is 11.7 Å². The van der Waals surface area contributed by atoms with Crippen LogP contribution in [-0.2, 0) is 19.9 Å². The molecule has 2 unspecified atom stereocenters. The second-order valence-corrected chi connectivity index (χ2v) is 7.02. The van der Waals surface area contributed by atoms with Crippen molar-refractivity contribution in [3.8, 4) is 0 Å². The number of aliphatic hydroxyl groups excluding tert-OH is 1. The van der Waals surface area contributed by atoms with Crippen molar-refractivity contribution in [2.45, 2.75) is 52.5 Å². The predicted molar refractivity (Wildman–Crippen MR) is 99.3 cm³/mol. The standard InChI is InChI=1S/C18H26ClN5O/c1-6-13-10(3)16(22-23(13)5)11(4)24-8-12(9-25)15-17(19)20-14(7-2)21-18(15)24/h11-12,25H,6-9H2,1-5H3. The van der Waals surface area contributed by atoms with Gasteiger partial charge in [0.1, 0.15) is 16.8 Å². The van der Waals surface area contributed by atoms with E-state index in [1.807, 2.05) is 18.7 Å². The molecule has 2 aromatic heterocycles. The van der Waals surface area contributed by atoms with Gasteiger partial charge in [0.25, 0.3) is 0 Å². The number of anilines is 1. The molecule has 25 heavy (non-hydrogen) atoms. The first-order valence-corrected chi connectivity index (χ1v) is 9.26. The second-order valence-electron chi connectivity index (χ2n) is 6.66. The van der Waals surface area contributed by atoms with Gasteiger partial charge in [0.2, 0.25) is 0 Å². The Kier molecular flexibility index (Phi) is 5.02. The molecule has 1 aliphatic rings. The van der Waals surface area contributed by atoms with Crippen molar-refractivity contribution in [3.63, 3.8) is 0 Å². The summed E-state index contributed by atoms with van der Waals surface area (Å²) in [6.07, 6.45) is 1.67. The first kappa shape index (κ1) is 18.1. The van der Waals surface area contributed by atoms with Crippen LogP contribution in [0, 0.1) is 6.92 Å². The zero-order chi connectivity index (χ0) is 18.3. The molecule has 2 aromatic rings. The summed E-state index contributed by atoms with van der Waals surface area (Å²) in [4.78, 5) is 11.3. The summed E-state index contributed by atoms with van der Waals surface area (Å²) in [5.41, 5.74) is 4.38. The zero-order valence-electron chi connectivity index (χ0n) is 15.5. The van der Waals surface area contributed by atoms with Crippen LogP contribution in [0.1, 0.15) is 61.1 Å². The first-order chi connectivity index (χ1) is 11.9. The molecule has 0 bridgehead atoms. The number of fused-ring (bicyclic) bond motifs is 1. The second kappa shape index (κ2) is 6.92. The molecule has 136 valence electrons. The number of aryl methyl sites for hydroxylation is 2. The number of nitrogens with zero attached hydrogens (tertiary/aromatic N) is 5. The number of aliphatic hydroxyl groups is 1. The van der Waals surface area contributed by atoms with Gasteiger partial charge in [0.15, 0.2) is 0 Å². The van der Waals surface area contributed by atoms with E-state index in [1.54, 1.807) is 0 Å². The Morgan fingerprint density at radius 2 is 2.00 bits per heavy atom. The highest BCUT2D eigenvalue weighted by Crippen LogP contribution is 2.42. The average molecular weight is 364 g/mol. The van der Waals surface area contributed by atoms with Crippen LogP contribution in [0.5, 0.6) is 0 Å². The third-order valence-corrected chi connectivity index (χ3v) is 5.51. The van der Waals surface area contributed by atoms with Gasteiger partial charge in [-0.3, -0.25) is 4.68 Å². The van der Waals surface area contributed by atoms with Gasteiger partial charge in [-0.15, -0.1) is 0 Å². The maximum absolute atomic E-state index is 9.81. The Labute approximate surface area is 153 Å². The van der Waals surface area contributed by atoms with Crippen LogP contribution < -0.4 is 4.90 Å². The minimum Gasteiger partial charge on any atom is -0.396 e. The lowest BCUT2D eigenvalue weighted by Gasteiger charge is -2.26. The smallest absolute Gasteiger partial charge is 0.138 e. The monoisotopic (exact) mass is 363 g/mol. The van der Waals surface area contributed by atoms with Crippen molar-refractivity contribution < 1.29 is 5.11 Å². The van der Waals surface area contributed by atoms with E-state index in [2.05, 4.69) is 30.7 Å². The molecular formula is C18H26ClN5O. The van der Waals surface area contributed by atoms with E-state index >= 15 is 0 Å². The molecule has 0 saturated carbocycles. The fraction of sp³-hybridized carbons (Fsp3) is 0.611. The number of halogens is 1. The molecule has 0 radical (unpaired) electrons. The minimum atomic E-state index is -0.0643. The van der Waals surface area contributed by atoms with Gasteiger partial charge < -0.3 is 10.0 Å². The molecule has 0 amide bonds. The molecule has 6 nitrogen and oxygen atoms in total. The Bertz CT molecular complexity index is 788. The molecule has 2 atom stereocenters. The molecule has 3 rings (SSSR count). The summed E-state index contributed by atoms with van der Waals surface area (Å²) < 4.78 is 1.96. The molecule has 0 fully saturated rings. The van der Waals surface area contributed by atoms with E-state index in [9.17, 15) is 5.11 Å². The van der Waals surface area contributed by atoms with Crippen LogP contribution in [0.15, 0.2) is 0 Å². The van der Waals surface area contributed by atoms with Crippen LogP contribution in [0.25, 0.3) is 0 Å². The lowest BCUT2D eigenvalue weighted by Crippen LogP contribution is -2.28. The zero-order valence-corrected chi connectivity index (χ0v) is 16.3. The van der Waals surface area contributed by atoms with Crippen molar-refractivity contribution in [3.05, 3.63) is 33.5 Å². The van der Waals surface area contributed by atoms with Crippen molar-refractivity contribution in [1.82, 2.24) is 19.7 Å². The predicted octanol–water partition coefficient (Wildman–Crippen LogP) is 2.95. The van der Waals surface area contributed by atoms with Gasteiger partial charge in [-0.1, -0.05) is 25.4 Å². The van der Waals surface area contributed by atoms with Crippen molar-refractivity contribution >= 4 is 17.4 Å². The molecule has 0 aliphatic carbocycles. The van der Waals surface area contributed by atoms with Crippen molar-refractivity contribution in [2.75, 3.05) is 18.1 Å². The number of rotatable bonds is 5. The molecule has 7 heteroatoms. The molecule has 1 aliphatic heterocycles. The van der Waals surface area contributed by atoms with Gasteiger partial charge in [0.05, 0.1) is 18.3 Å². The normalized spacial score (nSPS) is 17.9.